The zero-order valence-electron chi connectivity index (χ0n) is 14.3. The van der Waals surface area contributed by atoms with Gasteiger partial charge >= 0.3 is 0 Å². The molecule has 0 saturated heterocycles. The van der Waals surface area contributed by atoms with Gasteiger partial charge in [-0.3, -0.25) is 0 Å². The van der Waals surface area contributed by atoms with Gasteiger partial charge < -0.3 is 20.0 Å². The minimum atomic E-state index is -0.0450. The molecule has 1 atom stereocenters. The minimum absolute atomic E-state index is 0.0450. The number of phenols is 1. The average molecular weight is 370 g/mol. The fourth-order valence-electron chi connectivity index (χ4n) is 2.77. The normalized spacial score (nSPS) is 15.4. The third kappa shape index (κ3) is 2.92. The third-order valence-electron chi connectivity index (χ3n) is 4.03. The van der Waals surface area contributed by atoms with Crippen LogP contribution in [0.1, 0.15) is 17.9 Å². The largest absolute Gasteiger partial charge is 0.504 e. The number of benzene rings is 2. The van der Waals surface area contributed by atoms with Crippen LogP contribution in [-0.2, 0) is 0 Å². The Morgan fingerprint density at radius 2 is 2.00 bits per heavy atom. The molecule has 0 radical (unpaired) electrons. The maximum atomic E-state index is 9.77. The van der Waals surface area contributed by atoms with E-state index >= 15 is 0 Å². The number of phenolic OH excluding ortho intramolecular Hbond substituents is 1. The molecular formula is C18H18N4O3S. The summed E-state index contributed by atoms with van der Waals surface area (Å²) >= 11 is 1.56. The van der Waals surface area contributed by atoms with Crippen molar-refractivity contribution in [3.05, 3.63) is 48.0 Å². The Morgan fingerprint density at radius 3 is 2.73 bits per heavy atom. The van der Waals surface area contributed by atoms with Crippen LogP contribution in [0.4, 0.5) is 0 Å². The van der Waals surface area contributed by atoms with E-state index in [2.05, 4.69) is 15.6 Å². The van der Waals surface area contributed by atoms with Gasteiger partial charge in [0.2, 0.25) is 5.16 Å². The number of thioether (sulfide) groups is 1. The van der Waals surface area contributed by atoms with Crippen LogP contribution >= 0.6 is 11.8 Å². The van der Waals surface area contributed by atoms with Crippen molar-refractivity contribution < 1.29 is 14.6 Å². The van der Waals surface area contributed by atoms with Crippen molar-refractivity contribution in [2.75, 3.05) is 19.1 Å². The maximum absolute atomic E-state index is 9.77. The second kappa shape index (κ2) is 6.80. The van der Waals surface area contributed by atoms with E-state index in [9.17, 15) is 5.11 Å². The molecule has 26 heavy (non-hydrogen) atoms. The van der Waals surface area contributed by atoms with Crippen LogP contribution in [0, 0.1) is 0 Å². The van der Waals surface area contributed by atoms with E-state index in [0.29, 0.717) is 12.4 Å². The Bertz CT molecular complexity index is 927. The first-order valence-corrected chi connectivity index (χ1v) is 9.06. The van der Waals surface area contributed by atoms with E-state index in [1.165, 1.54) is 7.11 Å². The molecule has 0 fully saturated rings. The molecule has 8 heteroatoms. The Balaban J connectivity index is 1.59. The molecule has 4 rings (SSSR count). The SMILES string of the molecule is CCOc1ccc(-c2nnc3n2N[C@H](c2ccc(O)c(OC)c2)S3)cc1. The molecule has 0 amide bonds. The second-order valence-electron chi connectivity index (χ2n) is 5.66. The summed E-state index contributed by atoms with van der Waals surface area (Å²) in [5.74, 6) is 2.13. The highest BCUT2D eigenvalue weighted by molar-refractivity contribution is 7.99. The molecular weight excluding hydrogens is 352 g/mol. The molecule has 0 unspecified atom stereocenters. The Kier molecular flexibility index (Phi) is 4.34. The van der Waals surface area contributed by atoms with Gasteiger partial charge in [0.05, 0.1) is 13.7 Å². The van der Waals surface area contributed by atoms with Gasteiger partial charge in [0.1, 0.15) is 11.1 Å². The van der Waals surface area contributed by atoms with Crippen molar-refractivity contribution in [2.24, 2.45) is 0 Å². The highest BCUT2D eigenvalue weighted by atomic mass is 32.2. The molecule has 134 valence electrons. The number of fused-ring (bicyclic) bond motifs is 1. The van der Waals surface area contributed by atoms with E-state index in [1.54, 1.807) is 17.8 Å². The molecule has 3 aromatic rings. The van der Waals surface area contributed by atoms with E-state index in [1.807, 2.05) is 48.0 Å². The zero-order chi connectivity index (χ0) is 18.1. The first-order valence-electron chi connectivity index (χ1n) is 8.18. The van der Waals surface area contributed by atoms with Gasteiger partial charge in [-0.15, -0.1) is 10.2 Å². The molecule has 0 saturated carbocycles. The van der Waals surface area contributed by atoms with Gasteiger partial charge in [-0.2, -0.15) is 0 Å². The summed E-state index contributed by atoms with van der Waals surface area (Å²) in [7, 11) is 1.53. The summed E-state index contributed by atoms with van der Waals surface area (Å²) in [5.41, 5.74) is 5.32. The summed E-state index contributed by atoms with van der Waals surface area (Å²) in [6.45, 7) is 2.59. The molecule has 0 bridgehead atoms. The molecule has 7 nitrogen and oxygen atoms in total. The Morgan fingerprint density at radius 1 is 1.19 bits per heavy atom. The summed E-state index contributed by atoms with van der Waals surface area (Å²) in [6.07, 6.45) is 0. The lowest BCUT2D eigenvalue weighted by Crippen LogP contribution is -2.13. The monoisotopic (exact) mass is 370 g/mol. The second-order valence-corrected chi connectivity index (χ2v) is 6.73. The van der Waals surface area contributed by atoms with Gasteiger partial charge in [0, 0.05) is 5.56 Å². The van der Waals surface area contributed by atoms with Crippen LogP contribution in [0.15, 0.2) is 47.6 Å². The van der Waals surface area contributed by atoms with Crippen LogP contribution in [0.5, 0.6) is 17.2 Å². The fraction of sp³-hybridized carbons (Fsp3) is 0.222. The number of nitrogens with one attached hydrogen (secondary N) is 1. The Labute approximate surface area is 154 Å². The topological polar surface area (TPSA) is 81.4 Å². The van der Waals surface area contributed by atoms with Gasteiger partial charge in [0.15, 0.2) is 17.3 Å². The van der Waals surface area contributed by atoms with Gasteiger partial charge in [-0.05, 0) is 48.9 Å². The van der Waals surface area contributed by atoms with Gasteiger partial charge in [0.25, 0.3) is 0 Å². The number of rotatable bonds is 5. The highest BCUT2D eigenvalue weighted by Crippen LogP contribution is 2.42. The quantitative estimate of drug-likeness (QED) is 0.712. The molecule has 1 aromatic heterocycles. The molecule has 0 aliphatic carbocycles. The number of hydrogen-bond donors (Lipinski definition) is 2. The molecule has 0 spiro atoms. The summed E-state index contributed by atoms with van der Waals surface area (Å²) < 4.78 is 12.6. The number of methoxy groups -OCH3 is 1. The van der Waals surface area contributed by atoms with Crippen molar-refractivity contribution in [2.45, 2.75) is 17.5 Å². The van der Waals surface area contributed by atoms with Gasteiger partial charge in [-0.25, -0.2) is 4.68 Å². The fourth-order valence-corrected chi connectivity index (χ4v) is 3.75. The van der Waals surface area contributed by atoms with Gasteiger partial charge in [-0.1, -0.05) is 17.8 Å². The third-order valence-corrected chi connectivity index (χ3v) is 5.12. The highest BCUT2D eigenvalue weighted by Gasteiger charge is 2.28. The number of aromatic hydroxyl groups is 1. The predicted octanol–water partition coefficient (Wildman–Crippen LogP) is 3.41. The summed E-state index contributed by atoms with van der Waals surface area (Å²) in [5, 5.41) is 19.1. The maximum Gasteiger partial charge on any atom is 0.212 e. The van der Waals surface area contributed by atoms with E-state index in [4.69, 9.17) is 9.47 Å². The molecule has 1 aliphatic heterocycles. The van der Waals surface area contributed by atoms with Crippen LogP contribution < -0.4 is 14.9 Å². The van der Waals surface area contributed by atoms with Crippen molar-refractivity contribution in [3.8, 4) is 28.6 Å². The lowest BCUT2D eigenvalue weighted by atomic mass is 10.2. The lowest BCUT2D eigenvalue weighted by molar-refractivity contribution is 0.340. The van der Waals surface area contributed by atoms with Crippen molar-refractivity contribution in [1.29, 1.82) is 0 Å². The molecule has 2 heterocycles. The molecule has 1 aliphatic rings. The molecule has 2 N–H and O–H groups in total. The number of ether oxygens (including phenoxy) is 2. The van der Waals surface area contributed by atoms with Crippen LogP contribution in [0.2, 0.25) is 0 Å². The zero-order valence-corrected chi connectivity index (χ0v) is 15.2. The van der Waals surface area contributed by atoms with Crippen molar-refractivity contribution in [3.63, 3.8) is 0 Å². The van der Waals surface area contributed by atoms with Crippen molar-refractivity contribution >= 4 is 11.8 Å². The van der Waals surface area contributed by atoms with E-state index in [0.717, 1.165) is 27.9 Å². The number of hydrogen-bond acceptors (Lipinski definition) is 7. The van der Waals surface area contributed by atoms with E-state index in [-0.39, 0.29) is 11.1 Å². The smallest absolute Gasteiger partial charge is 0.212 e. The van der Waals surface area contributed by atoms with Crippen LogP contribution in [0.3, 0.4) is 0 Å². The average Bonchev–Trinajstić information content (AvgIpc) is 3.24. The van der Waals surface area contributed by atoms with Crippen molar-refractivity contribution in [1.82, 2.24) is 14.9 Å². The Hall–Kier alpha value is -2.87. The standard InChI is InChI=1S/C18H18N4O3S/c1-3-25-13-7-4-11(5-8-13)16-19-20-18-22(16)21-17(26-18)12-6-9-14(23)15(10-12)24-2/h4-10,17,21,23H,3H2,1-2H3/t17-/m0/s1. The summed E-state index contributed by atoms with van der Waals surface area (Å²) in [6, 6.07) is 13.1. The molecule has 2 aromatic carbocycles. The van der Waals surface area contributed by atoms with Crippen LogP contribution in [0.25, 0.3) is 11.4 Å². The number of aromatic nitrogens is 3. The predicted molar refractivity (Wildman–Crippen MR) is 99.2 cm³/mol. The van der Waals surface area contributed by atoms with Crippen LogP contribution in [-0.4, -0.2) is 33.7 Å². The minimum Gasteiger partial charge on any atom is -0.504 e. The lowest BCUT2D eigenvalue weighted by Gasteiger charge is -2.14. The van der Waals surface area contributed by atoms with E-state index < -0.39 is 0 Å². The summed E-state index contributed by atoms with van der Waals surface area (Å²) in [4.78, 5) is 0. The first kappa shape index (κ1) is 16.6. The number of nitrogens with zero attached hydrogens (tertiary/aromatic N) is 3. The first-order chi connectivity index (χ1) is 12.7.